The molecule has 1 aromatic carbocycles. The van der Waals surface area contributed by atoms with Crippen LogP contribution in [-0.4, -0.2) is 118 Å². The molecule has 1 fully saturated rings. The van der Waals surface area contributed by atoms with Gasteiger partial charge >= 0.3 is 11.9 Å². The standard InChI is InChI=1S/C24H41N3O5S.C4H4O4/c1-19-16-22(31-6)17-20(2)24(19)33(29,30)26(5)14-15-32-18-23(28)27-12-9-21(10-13-27)8-7-11-25(3)4;5-3(6)1-2-4(7)8/h16-17,21H,7-15,18H2,1-6H3;1-2H,(H,5,6)(H,7,8)/b;2-1+. The van der Waals surface area contributed by atoms with Gasteiger partial charge in [-0.3, -0.25) is 4.79 Å². The summed E-state index contributed by atoms with van der Waals surface area (Å²) in [4.78, 5) is 35.9. The molecule has 1 amide bonds. The fraction of sp³-hybridized carbons (Fsp3) is 0.607. The van der Waals surface area contributed by atoms with E-state index in [4.69, 9.17) is 19.7 Å². The van der Waals surface area contributed by atoms with Gasteiger partial charge in [0.1, 0.15) is 12.4 Å². The molecule has 0 atom stereocenters. The summed E-state index contributed by atoms with van der Waals surface area (Å²) in [5.74, 6) is -1.21. The first-order valence-electron chi connectivity index (χ1n) is 13.4. The third-order valence-electron chi connectivity index (χ3n) is 6.67. The van der Waals surface area contributed by atoms with Gasteiger partial charge in [-0.05, 0) is 89.3 Å². The second-order valence-electron chi connectivity index (χ2n) is 10.2. The Morgan fingerprint density at radius 3 is 2.00 bits per heavy atom. The van der Waals surface area contributed by atoms with Crippen LogP contribution in [0.5, 0.6) is 5.75 Å². The lowest BCUT2D eigenvalue weighted by Crippen LogP contribution is -2.41. The van der Waals surface area contributed by atoms with Gasteiger partial charge in [-0.1, -0.05) is 0 Å². The summed E-state index contributed by atoms with van der Waals surface area (Å²) in [6, 6.07) is 3.43. The number of nitrogens with zero attached hydrogens (tertiary/aromatic N) is 3. The summed E-state index contributed by atoms with van der Waals surface area (Å²) in [5, 5.41) is 15.6. The number of benzene rings is 1. The molecular formula is C28H45N3O9S. The van der Waals surface area contributed by atoms with Crippen molar-refractivity contribution in [3.05, 3.63) is 35.4 Å². The van der Waals surface area contributed by atoms with Crippen molar-refractivity contribution in [1.82, 2.24) is 14.1 Å². The summed E-state index contributed by atoms with van der Waals surface area (Å²) in [5.41, 5.74) is 1.28. The minimum absolute atomic E-state index is 0.0141. The smallest absolute Gasteiger partial charge is 0.328 e. The maximum Gasteiger partial charge on any atom is 0.328 e. The van der Waals surface area contributed by atoms with Crippen molar-refractivity contribution in [1.29, 1.82) is 0 Å². The van der Waals surface area contributed by atoms with Gasteiger partial charge in [0.15, 0.2) is 0 Å². The van der Waals surface area contributed by atoms with Crippen LogP contribution in [0.3, 0.4) is 0 Å². The van der Waals surface area contributed by atoms with E-state index in [0.717, 1.165) is 32.5 Å². The number of aryl methyl sites for hydroxylation is 2. The van der Waals surface area contributed by atoms with Crippen LogP contribution in [0.25, 0.3) is 0 Å². The predicted octanol–water partition coefficient (Wildman–Crippen LogP) is 2.24. The first-order valence-corrected chi connectivity index (χ1v) is 14.9. The molecule has 1 saturated heterocycles. The van der Waals surface area contributed by atoms with E-state index >= 15 is 0 Å². The maximum atomic E-state index is 13.0. The van der Waals surface area contributed by atoms with Crippen molar-refractivity contribution in [3.63, 3.8) is 0 Å². The molecule has 0 aromatic heterocycles. The molecule has 0 unspecified atom stereocenters. The fourth-order valence-electron chi connectivity index (χ4n) is 4.46. The Morgan fingerprint density at radius 1 is 1.00 bits per heavy atom. The van der Waals surface area contributed by atoms with Gasteiger partial charge in [0.2, 0.25) is 15.9 Å². The zero-order valence-corrected chi connectivity index (χ0v) is 25.8. The number of ether oxygens (including phenoxy) is 2. The Kier molecular flexibility index (Phi) is 15.6. The van der Waals surface area contributed by atoms with Crippen LogP contribution in [0.4, 0.5) is 0 Å². The van der Waals surface area contributed by atoms with Crippen LogP contribution in [-0.2, 0) is 29.1 Å². The first-order chi connectivity index (χ1) is 19.2. The van der Waals surface area contributed by atoms with E-state index in [-0.39, 0.29) is 30.6 Å². The Hall–Kier alpha value is -3.00. The van der Waals surface area contributed by atoms with Gasteiger partial charge in [0.25, 0.3) is 0 Å². The molecule has 232 valence electrons. The highest BCUT2D eigenvalue weighted by molar-refractivity contribution is 7.89. The number of aliphatic carboxylic acids is 2. The number of methoxy groups -OCH3 is 1. The highest BCUT2D eigenvalue weighted by atomic mass is 32.2. The van der Waals surface area contributed by atoms with Gasteiger partial charge < -0.3 is 29.5 Å². The van der Waals surface area contributed by atoms with E-state index in [1.54, 1.807) is 33.1 Å². The average Bonchev–Trinajstić information content (AvgIpc) is 2.89. The minimum atomic E-state index is -3.67. The molecule has 1 aliphatic rings. The van der Waals surface area contributed by atoms with Gasteiger partial charge in [-0.15, -0.1) is 0 Å². The Bertz CT molecular complexity index is 1110. The second-order valence-corrected chi connectivity index (χ2v) is 12.2. The second kappa shape index (κ2) is 17.7. The molecule has 1 heterocycles. The quantitative estimate of drug-likeness (QED) is 0.240. The van der Waals surface area contributed by atoms with Crippen molar-refractivity contribution in [2.24, 2.45) is 5.92 Å². The minimum Gasteiger partial charge on any atom is -0.497 e. The number of carbonyl (C=O) groups excluding carboxylic acids is 1. The number of piperidine rings is 1. The van der Waals surface area contributed by atoms with Crippen molar-refractivity contribution in [3.8, 4) is 5.75 Å². The molecule has 12 nitrogen and oxygen atoms in total. The number of hydrogen-bond donors (Lipinski definition) is 2. The summed E-state index contributed by atoms with van der Waals surface area (Å²) < 4.78 is 38.1. The Labute approximate surface area is 243 Å². The van der Waals surface area contributed by atoms with Crippen molar-refractivity contribution in [2.75, 3.05) is 67.6 Å². The summed E-state index contributed by atoms with van der Waals surface area (Å²) in [6.45, 7) is 6.51. The van der Waals surface area contributed by atoms with Gasteiger partial charge in [-0.2, -0.15) is 4.31 Å². The topological polar surface area (TPSA) is 154 Å². The Morgan fingerprint density at radius 2 is 1.54 bits per heavy atom. The van der Waals surface area contributed by atoms with E-state index in [1.165, 1.54) is 24.2 Å². The van der Waals surface area contributed by atoms with Crippen LogP contribution < -0.4 is 4.74 Å². The van der Waals surface area contributed by atoms with Gasteiger partial charge in [0.05, 0.1) is 18.6 Å². The highest BCUT2D eigenvalue weighted by Crippen LogP contribution is 2.27. The zero-order chi connectivity index (χ0) is 31.2. The number of amides is 1. The zero-order valence-electron chi connectivity index (χ0n) is 25.0. The monoisotopic (exact) mass is 599 g/mol. The van der Waals surface area contributed by atoms with Crippen molar-refractivity contribution in [2.45, 2.75) is 44.4 Å². The molecule has 13 heteroatoms. The molecule has 0 spiro atoms. The van der Waals surface area contributed by atoms with Crippen LogP contribution in [0.1, 0.15) is 36.8 Å². The van der Waals surface area contributed by atoms with E-state index in [2.05, 4.69) is 19.0 Å². The average molecular weight is 600 g/mol. The van der Waals surface area contributed by atoms with Crippen molar-refractivity contribution >= 4 is 27.9 Å². The molecule has 1 aliphatic heterocycles. The van der Waals surface area contributed by atoms with Crippen LogP contribution in [0.2, 0.25) is 0 Å². The molecule has 41 heavy (non-hydrogen) atoms. The first kappa shape index (κ1) is 36.0. The SMILES string of the molecule is COc1cc(C)c(S(=O)(=O)N(C)CCOCC(=O)N2CCC(CCCN(C)C)CC2)c(C)c1.O=C(O)/C=C/C(=O)O. The lowest BCUT2D eigenvalue weighted by Gasteiger charge is -2.32. The number of carboxylic acid groups (broad SMARTS) is 2. The molecule has 0 aliphatic carbocycles. The number of hydrogen-bond acceptors (Lipinski definition) is 8. The normalized spacial score (nSPS) is 14.3. The Balaban J connectivity index is 0.000000915. The number of rotatable bonds is 14. The number of likely N-dealkylation sites (N-methyl/N-ethyl adjacent to an activating group) is 1. The molecule has 0 bridgehead atoms. The molecular weight excluding hydrogens is 554 g/mol. The fourth-order valence-corrected chi connectivity index (χ4v) is 6.02. The lowest BCUT2D eigenvalue weighted by atomic mass is 9.92. The third kappa shape index (κ3) is 13.0. The maximum absolute atomic E-state index is 13.0. The van der Waals surface area contributed by atoms with E-state index in [1.807, 2.05) is 4.90 Å². The van der Waals surface area contributed by atoms with Crippen LogP contribution in [0, 0.1) is 19.8 Å². The van der Waals surface area contributed by atoms with Gasteiger partial charge in [-0.25, -0.2) is 18.0 Å². The number of likely N-dealkylation sites (tertiary alicyclic amines) is 1. The van der Waals surface area contributed by atoms with E-state index < -0.39 is 22.0 Å². The summed E-state index contributed by atoms with van der Waals surface area (Å²) in [7, 11) is 3.61. The highest BCUT2D eigenvalue weighted by Gasteiger charge is 2.26. The summed E-state index contributed by atoms with van der Waals surface area (Å²) in [6.07, 6.45) is 5.61. The molecule has 0 radical (unpaired) electrons. The third-order valence-corrected chi connectivity index (χ3v) is 8.83. The predicted molar refractivity (Wildman–Crippen MR) is 155 cm³/mol. The van der Waals surface area contributed by atoms with E-state index in [0.29, 0.717) is 34.9 Å². The lowest BCUT2D eigenvalue weighted by molar-refractivity contribution is -0.137. The number of carbonyl (C=O) groups is 3. The van der Waals surface area contributed by atoms with Crippen LogP contribution >= 0.6 is 0 Å². The van der Waals surface area contributed by atoms with Gasteiger partial charge in [0, 0.05) is 38.8 Å². The molecule has 1 aromatic rings. The molecule has 0 saturated carbocycles. The molecule has 2 rings (SSSR count). The number of carboxylic acids is 2. The van der Waals surface area contributed by atoms with Crippen LogP contribution in [0.15, 0.2) is 29.2 Å². The van der Waals surface area contributed by atoms with Crippen molar-refractivity contribution < 1.29 is 42.5 Å². The summed E-state index contributed by atoms with van der Waals surface area (Å²) >= 11 is 0. The molecule has 2 N–H and O–H groups in total. The number of sulfonamides is 1. The van der Waals surface area contributed by atoms with E-state index in [9.17, 15) is 22.8 Å². The largest absolute Gasteiger partial charge is 0.497 e.